The molecule has 12 nitrogen and oxygen atoms in total. The van der Waals surface area contributed by atoms with Gasteiger partial charge in [-0.05, 0) is 24.6 Å². The van der Waals surface area contributed by atoms with Gasteiger partial charge in [0.2, 0.25) is 0 Å². The summed E-state index contributed by atoms with van der Waals surface area (Å²) in [4.78, 5) is 49.5. The van der Waals surface area contributed by atoms with Gasteiger partial charge in [0.1, 0.15) is 5.69 Å². The van der Waals surface area contributed by atoms with Crippen molar-refractivity contribution in [2.75, 3.05) is 5.73 Å². The number of benzene rings is 2. The molecule has 0 bridgehead atoms. The first-order chi connectivity index (χ1) is 14.1. The normalized spacial score (nSPS) is 10.8. The predicted octanol–water partition coefficient (Wildman–Crippen LogP) is 2.57. The van der Waals surface area contributed by atoms with Crippen molar-refractivity contribution in [2.45, 2.75) is 19.9 Å². The molecule has 0 saturated heterocycles. The van der Waals surface area contributed by atoms with Crippen molar-refractivity contribution < 1.29 is 19.7 Å². The Labute approximate surface area is 167 Å². The van der Waals surface area contributed by atoms with Crippen molar-refractivity contribution in [1.29, 1.82) is 0 Å². The molecular formula is C18H15N5O7. The number of nitro groups is 2. The topological polar surface area (TPSA) is 184 Å². The van der Waals surface area contributed by atoms with Gasteiger partial charge in [-0.2, -0.15) is 0 Å². The molecule has 0 atom stereocenters. The van der Waals surface area contributed by atoms with Crippen LogP contribution in [0.2, 0.25) is 0 Å². The van der Waals surface area contributed by atoms with Crippen LogP contribution in [-0.4, -0.2) is 30.5 Å². The molecule has 12 heteroatoms. The molecule has 0 fully saturated rings. The van der Waals surface area contributed by atoms with E-state index >= 15 is 0 Å². The number of hydrogen-bond donors (Lipinski definition) is 2. The third-order valence-electron chi connectivity index (χ3n) is 4.44. The minimum atomic E-state index is -1.30. The summed E-state index contributed by atoms with van der Waals surface area (Å²) in [6.45, 7) is 2.03. The van der Waals surface area contributed by atoms with Gasteiger partial charge in [-0.3, -0.25) is 25.0 Å². The first kappa shape index (κ1) is 20.4. The van der Waals surface area contributed by atoms with Crippen LogP contribution >= 0.6 is 0 Å². The van der Waals surface area contributed by atoms with Crippen molar-refractivity contribution in [3.63, 3.8) is 0 Å². The number of nitro benzene ring substituents is 2. The number of nitrogen functional groups attached to an aromatic ring is 1. The summed E-state index contributed by atoms with van der Waals surface area (Å²) in [7, 11) is 0. The van der Waals surface area contributed by atoms with Gasteiger partial charge in [-0.1, -0.05) is 6.92 Å². The number of nitrogens with two attached hydrogens (primary N) is 1. The zero-order valence-corrected chi connectivity index (χ0v) is 15.6. The lowest BCUT2D eigenvalue weighted by molar-refractivity contribution is -0.393. The Bertz CT molecular complexity index is 1280. The fourth-order valence-electron chi connectivity index (χ4n) is 3.10. The lowest BCUT2D eigenvalue weighted by atomic mass is 10.1. The highest BCUT2D eigenvalue weighted by molar-refractivity contribution is 5.99. The summed E-state index contributed by atoms with van der Waals surface area (Å²) < 4.78 is 1.30. The molecule has 3 aromatic rings. The fraction of sp³-hybridized carbons (Fsp3) is 0.167. The van der Waals surface area contributed by atoms with Gasteiger partial charge < -0.3 is 15.4 Å². The zero-order chi connectivity index (χ0) is 22.2. The lowest BCUT2D eigenvalue weighted by Gasteiger charge is -2.13. The van der Waals surface area contributed by atoms with Crippen molar-refractivity contribution in [1.82, 2.24) is 9.55 Å². The second-order valence-corrected chi connectivity index (χ2v) is 6.37. The van der Waals surface area contributed by atoms with Gasteiger partial charge in [0.15, 0.2) is 0 Å². The van der Waals surface area contributed by atoms with Crippen LogP contribution in [0.3, 0.4) is 0 Å². The van der Waals surface area contributed by atoms with Crippen molar-refractivity contribution in [3.05, 3.63) is 66.5 Å². The standard InChI is InChI=1S/C18H15N5O7/c1-2-5-21-15-8-12(19)11(18(25)26)7-13(15)20-16(17(21)24)10-4-3-9(22(27)28)6-14(10)23(29)30/h3-4,6-8H,2,5,19H2,1H3,(H,25,26). The average Bonchev–Trinajstić information content (AvgIpc) is 2.69. The summed E-state index contributed by atoms with van der Waals surface area (Å²) in [5.74, 6) is -1.30. The van der Waals surface area contributed by atoms with Crippen LogP contribution in [0.15, 0.2) is 35.1 Å². The molecule has 0 aliphatic heterocycles. The van der Waals surface area contributed by atoms with E-state index in [0.29, 0.717) is 6.42 Å². The van der Waals surface area contributed by atoms with Crippen LogP contribution in [0.1, 0.15) is 23.7 Å². The molecule has 0 aliphatic rings. The van der Waals surface area contributed by atoms with E-state index in [1.54, 1.807) is 0 Å². The molecule has 0 radical (unpaired) electrons. The summed E-state index contributed by atoms with van der Waals surface area (Å²) in [5.41, 5.74) is 3.49. The fourth-order valence-corrected chi connectivity index (χ4v) is 3.10. The highest BCUT2D eigenvalue weighted by atomic mass is 16.6. The van der Waals surface area contributed by atoms with Crippen LogP contribution in [-0.2, 0) is 6.54 Å². The van der Waals surface area contributed by atoms with Gasteiger partial charge in [0.25, 0.3) is 16.9 Å². The second kappa shape index (κ2) is 7.58. The highest BCUT2D eigenvalue weighted by Gasteiger charge is 2.25. The van der Waals surface area contributed by atoms with Crippen LogP contribution < -0.4 is 11.3 Å². The average molecular weight is 413 g/mol. The number of carboxylic acid groups (broad SMARTS) is 1. The number of aromatic nitrogens is 2. The molecule has 0 amide bonds. The van der Waals surface area contributed by atoms with E-state index in [1.165, 1.54) is 16.7 Å². The Morgan fingerprint density at radius 1 is 1.20 bits per heavy atom. The number of carbonyl (C=O) groups is 1. The predicted molar refractivity (Wildman–Crippen MR) is 106 cm³/mol. The number of fused-ring (bicyclic) bond motifs is 1. The minimum Gasteiger partial charge on any atom is -0.478 e. The van der Waals surface area contributed by atoms with Crippen LogP contribution in [0.25, 0.3) is 22.3 Å². The molecular weight excluding hydrogens is 398 g/mol. The summed E-state index contributed by atoms with van der Waals surface area (Å²) in [6.07, 6.45) is 0.529. The number of rotatable bonds is 6. The van der Waals surface area contributed by atoms with Crippen molar-refractivity contribution in [2.24, 2.45) is 0 Å². The highest BCUT2D eigenvalue weighted by Crippen LogP contribution is 2.32. The van der Waals surface area contributed by atoms with Crippen LogP contribution in [0.5, 0.6) is 0 Å². The summed E-state index contributed by atoms with van der Waals surface area (Å²) in [5, 5.41) is 31.8. The van der Waals surface area contributed by atoms with E-state index in [9.17, 15) is 34.9 Å². The molecule has 30 heavy (non-hydrogen) atoms. The maximum Gasteiger partial charge on any atom is 0.337 e. The first-order valence-corrected chi connectivity index (χ1v) is 8.66. The van der Waals surface area contributed by atoms with Crippen molar-refractivity contribution >= 4 is 34.1 Å². The number of anilines is 1. The first-order valence-electron chi connectivity index (χ1n) is 8.66. The summed E-state index contributed by atoms with van der Waals surface area (Å²) >= 11 is 0. The van der Waals surface area contributed by atoms with Gasteiger partial charge in [-0.25, -0.2) is 9.78 Å². The molecule has 1 aromatic heterocycles. The third-order valence-corrected chi connectivity index (χ3v) is 4.44. The second-order valence-electron chi connectivity index (χ2n) is 6.37. The van der Waals surface area contributed by atoms with Crippen LogP contribution in [0, 0.1) is 20.2 Å². The van der Waals surface area contributed by atoms with Crippen molar-refractivity contribution in [3.8, 4) is 11.3 Å². The summed E-state index contributed by atoms with van der Waals surface area (Å²) in [6, 6.07) is 5.35. The molecule has 0 unspecified atom stereocenters. The number of carboxylic acids is 1. The van der Waals surface area contributed by atoms with Gasteiger partial charge in [-0.15, -0.1) is 0 Å². The van der Waals surface area contributed by atoms with E-state index in [2.05, 4.69) is 4.98 Å². The molecule has 3 rings (SSSR count). The Kier molecular flexibility index (Phi) is 5.15. The Balaban J connectivity index is 2.42. The molecule has 2 aromatic carbocycles. The Morgan fingerprint density at radius 3 is 2.47 bits per heavy atom. The molecule has 0 aliphatic carbocycles. The molecule has 3 N–H and O–H groups in total. The van der Waals surface area contributed by atoms with Gasteiger partial charge in [0, 0.05) is 18.3 Å². The molecule has 154 valence electrons. The number of nitrogens with zero attached hydrogens (tertiary/aromatic N) is 4. The molecule has 1 heterocycles. The SMILES string of the molecule is CCCn1c(=O)c(-c2ccc([N+](=O)[O-])cc2[N+](=O)[O-])nc2cc(C(=O)O)c(N)cc21. The Hall–Kier alpha value is -4.35. The number of aromatic carboxylic acids is 1. The third kappa shape index (κ3) is 3.41. The maximum absolute atomic E-state index is 13.1. The van der Waals surface area contributed by atoms with Crippen LogP contribution in [0.4, 0.5) is 17.1 Å². The number of aryl methyl sites for hydroxylation is 1. The molecule has 0 spiro atoms. The monoisotopic (exact) mass is 413 g/mol. The van der Waals surface area contributed by atoms with Gasteiger partial charge in [0.05, 0.1) is 38.1 Å². The largest absolute Gasteiger partial charge is 0.478 e. The number of non-ortho nitro benzene ring substituents is 1. The quantitative estimate of drug-likeness (QED) is 0.348. The van der Waals surface area contributed by atoms with E-state index in [4.69, 9.17) is 5.73 Å². The van der Waals surface area contributed by atoms with Gasteiger partial charge >= 0.3 is 5.97 Å². The van der Waals surface area contributed by atoms with E-state index in [-0.39, 0.29) is 40.1 Å². The zero-order valence-electron chi connectivity index (χ0n) is 15.6. The maximum atomic E-state index is 13.1. The Morgan fingerprint density at radius 2 is 1.90 bits per heavy atom. The molecule has 0 saturated carbocycles. The minimum absolute atomic E-state index is 0.0601. The van der Waals surface area contributed by atoms with E-state index < -0.39 is 32.7 Å². The smallest absolute Gasteiger partial charge is 0.337 e. The van der Waals surface area contributed by atoms with E-state index in [1.807, 2.05) is 6.92 Å². The van der Waals surface area contributed by atoms with E-state index in [0.717, 1.165) is 18.2 Å². The number of hydrogen-bond acceptors (Lipinski definition) is 8. The lowest BCUT2D eigenvalue weighted by Crippen LogP contribution is -2.24.